The lowest BCUT2D eigenvalue weighted by Crippen LogP contribution is -2.07. The molecule has 3 rings (SSSR count). The van der Waals surface area contributed by atoms with Gasteiger partial charge in [0.2, 0.25) is 0 Å². The number of aromatic carboxylic acids is 1. The SMILES string of the molecule is CCOc1cc(CNc2cccc(C(=O)O)c2C)c(Cl)cc1OCc1cccc(C)c1. The summed E-state index contributed by atoms with van der Waals surface area (Å²) in [4.78, 5) is 11.4. The first-order valence-corrected chi connectivity index (χ1v) is 10.5. The smallest absolute Gasteiger partial charge is 0.336 e. The van der Waals surface area contributed by atoms with Gasteiger partial charge in [-0.1, -0.05) is 47.5 Å². The lowest BCUT2D eigenvalue weighted by molar-refractivity contribution is 0.0696. The second-order valence-electron chi connectivity index (χ2n) is 7.24. The van der Waals surface area contributed by atoms with Gasteiger partial charge in [0.1, 0.15) is 6.61 Å². The summed E-state index contributed by atoms with van der Waals surface area (Å²) in [5, 5.41) is 13.1. The molecule has 0 unspecified atom stereocenters. The highest BCUT2D eigenvalue weighted by molar-refractivity contribution is 6.31. The lowest BCUT2D eigenvalue weighted by atomic mass is 10.1. The van der Waals surface area contributed by atoms with Crippen LogP contribution in [-0.2, 0) is 13.2 Å². The standard InChI is InChI=1S/C25H26ClNO4/c1-4-30-23-12-19(14-27-22-10-6-9-20(17(22)3)25(28)29)21(26)13-24(23)31-15-18-8-5-7-16(2)11-18/h5-13,27H,4,14-15H2,1-3H3,(H,28,29). The van der Waals surface area contributed by atoms with E-state index >= 15 is 0 Å². The van der Waals surface area contributed by atoms with Crippen molar-refractivity contribution in [1.29, 1.82) is 0 Å². The van der Waals surface area contributed by atoms with E-state index in [0.29, 0.717) is 41.8 Å². The van der Waals surface area contributed by atoms with Crippen molar-refractivity contribution in [2.24, 2.45) is 0 Å². The highest BCUT2D eigenvalue weighted by Gasteiger charge is 2.14. The molecule has 6 heteroatoms. The zero-order valence-corrected chi connectivity index (χ0v) is 18.6. The normalized spacial score (nSPS) is 10.6. The maximum atomic E-state index is 11.4. The van der Waals surface area contributed by atoms with E-state index in [1.807, 2.05) is 44.2 Å². The van der Waals surface area contributed by atoms with Crippen LogP contribution in [0.5, 0.6) is 11.5 Å². The fraction of sp³-hybridized carbons (Fsp3) is 0.240. The van der Waals surface area contributed by atoms with Gasteiger partial charge >= 0.3 is 5.97 Å². The number of hydrogen-bond donors (Lipinski definition) is 2. The summed E-state index contributed by atoms with van der Waals surface area (Å²) < 4.78 is 11.8. The Morgan fingerprint density at radius 2 is 1.77 bits per heavy atom. The molecule has 0 aromatic heterocycles. The van der Waals surface area contributed by atoms with Crippen LogP contribution in [0, 0.1) is 13.8 Å². The summed E-state index contributed by atoms with van der Waals surface area (Å²) in [7, 11) is 0. The Kier molecular flexibility index (Phi) is 7.42. The quantitative estimate of drug-likeness (QED) is 0.412. The Morgan fingerprint density at radius 1 is 1.03 bits per heavy atom. The second-order valence-corrected chi connectivity index (χ2v) is 7.65. The molecule has 0 amide bonds. The number of hydrogen-bond acceptors (Lipinski definition) is 4. The van der Waals surface area contributed by atoms with Crippen LogP contribution in [0.15, 0.2) is 54.6 Å². The van der Waals surface area contributed by atoms with Gasteiger partial charge in [0.15, 0.2) is 11.5 Å². The average molecular weight is 440 g/mol. The predicted octanol–water partition coefficient (Wildman–Crippen LogP) is 6.24. The Bertz CT molecular complexity index is 1080. The molecule has 0 bridgehead atoms. The number of ether oxygens (including phenoxy) is 2. The van der Waals surface area contributed by atoms with Gasteiger partial charge in [-0.2, -0.15) is 0 Å². The number of carboxylic acids is 1. The Balaban J connectivity index is 1.78. The monoisotopic (exact) mass is 439 g/mol. The molecule has 0 radical (unpaired) electrons. The number of anilines is 1. The molecule has 3 aromatic rings. The molecule has 0 saturated heterocycles. The molecule has 0 spiro atoms. The summed E-state index contributed by atoms with van der Waals surface area (Å²) in [6.45, 7) is 7.06. The molecule has 0 aliphatic carbocycles. The molecule has 0 saturated carbocycles. The van der Waals surface area contributed by atoms with E-state index in [4.69, 9.17) is 21.1 Å². The molecule has 0 atom stereocenters. The molecule has 3 aromatic carbocycles. The number of aryl methyl sites for hydroxylation is 1. The molecule has 0 fully saturated rings. The van der Waals surface area contributed by atoms with Crippen LogP contribution >= 0.6 is 11.6 Å². The molecule has 2 N–H and O–H groups in total. The summed E-state index contributed by atoms with van der Waals surface area (Å²) in [5.41, 5.74) is 4.76. The first-order valence-electron chi connectivity index (χ1n) is 10.1. The molecule has 5 nitrogen and oxygen atoms in total. The number of carboxylic acid groups (broad SMARTS) is 1. The van der Waals surface area contributed by atoms with Crippen molar-refractivity contribution in [3.63, 3.8) is 0 Å². The van der Waals surface area contributed by atoms with Crippen molar-refractivity contribution in [2.75, 3.05) is 11.9 Å². The van der Waals surface area contributed by atoms with E-state index in [-0.39, 0.29) is 5.56 Å². The van der Waals surface area contributed by atoms with Gasteiger partial charge in [-0.3, -0.25) is 0 Å². The zero-order chi connectivity index (χ0) is 22.4. The number of rotatable bonds is 9. The summed E-state index contributed by atoms with van der Waals surface area (Å²) >= 11 is 6.53. The second kappa shape index (κ2) is 10.2. The summed E-state index contributed by atoms with van der Waals surface area (Å²) in [6.07, 6.45) is 0. The Morgan fingerprint density at radius 3 is 2.48 bits per heavy atom. The van der Waals surface area contributed by atoms with Crippen molar-refractivity contribution < 1.29 is 19.4 Å². The maximum Gasteiger partial charge on any atom is 0.336 e. The third kappa shape index (κ3) is 5.70. The van der Waals surface area contributed by atoms with Crippen molar-refractivity contribution in [3.8, 4) is 11.5 Å². The molecule has 0 aliphatic heterocycles. The highest BCUT2D eigenvalue weighted by Crippen LogP contribution is 2.35. The van der Waals surface area contributed by atoms with Crippen molar-refractivity contribution >= 4 is 23.3 Å². The highest BCUT2D eigenvalue weighted by atomic mass is 35.5. The van der Waals surface area contributed by atoms with Gasteiger partial charge in [0.05, 0.1) is 12.2 Å². The molecule has 162 valence electrons. The van der Waals surface area contributed by atoms with E-state index in [1.165, 1.54) is 5.56 Å². The van der Waals surface area contributed by atoms with Crippen LogP contribution in [0.25, 0.3) is 0 Å². The van der Waals surface area contributed by atoms with Crippen LogP contribution in [0.2, 0.25) is 5.02 Å². The van der Waals surface area contributed by atoms with Crippen LogP contribution < -0.4 is 14.8 Å². The zero-order valence-electron chi connectivity index (χ0n) is 17.9. The van der Waals surface area contributed by atoms with Crippen molar-refractivity contribution in [2.45, 2.75) is 33.9 Å². The van der Waals surface area contributed by atoms with Crippen LogP contribution in [0.4, 0.5) is 5.69 Å². The lowest BCUT2D eigenvalue weighted by Gasteiger charge is -2.17. The molecular weight excluding hydrogens is 414 g/mol. The fourth-order valence-electron chi connectivity index (χ4n) is 3.31. The number of nitrogens with one attached hydrogen (secondary N) is 1. The number of halogens is 1. The van der Waals surface area contributed by atoms with E-state index in [2.05, 4.69) is 11.4 Å². The van der Waals surface area contributed by atoms with Gasteiger partial charge in [0.25, 0.3) is 0 Å². The third-order valence-electron chi connectivity index (χ3n) is 4.92. The van der Waals surface area contributed by atoms with E-state index in [9.17, 15) is 9.90 Å². The van der Waals surface area contributed by atoms with Crippen LogP contribution in [0.1, 0.15) is 39.5 Å². The molecule has 0 heterocycles. The van der Waals surface area contributed by atoms with E-state index < -0.39 is 5.97 Å². The molecule has 0 aliphatic rings. The van der Waals surface area contributed by atoms with Gasteiger partial charge in [0, 0.05) is 23.3 Å². The number of benzene rings is 3. The first kappa shape index (κ1) is 22.5. The summed E-state index contributed by atoms with van der Waals surface area (Å²) in [6, 6.07) is 16.9. The van der Waals surface area contributed by atoms with Crippen molar-refractivity contribution in [3.05, 3.63) is 87.4 Å². The van der Waals surface area contributed by atoms with Crippen LogP contribution in [-0.4, -0.2) is 17.7 Å². The topological polar surface area (TPSA) is 67.8 Å². The summed E-state index contributed by atoms with van der Waals surface area (Å²) in [5.74, 6) is 0.251. The van der Waals surface area contributed by atoms with E-state index in [0.717, 1.165) is 16.8 Å². The minimum Gasteiger partial charge on any atom is -0.490 e. The van der Waals surface area contributed by atoms with Gasteiger partial charge in [-0.25, -0.2) is 4.79 Å². The van der Waals surface area contributed by atoms with Crippen LogP contribution in [0.3, 0.4) is 0 Å². The Labute approximate surface area is 187 Å². The van der Waals surface area contributed by atoms with Gasteiger partial charge in [-0.05, 0) is 55.7 Å². The maximum absolute atomic E-state index is 11.4. The largest absolute Gasteiger partial charge is 0.490 e. The minimum atomic E-state index is -0.951. The Hall–Kier alpha value is -3.18. The fourth-order valence-corrected chi connectivity index (χ4v) is 3.53. The average Bonchev–Trinajstić information content (AvgIpc) is 2.73. The minimum absolute atomic E-state index is 0.269. The van der Waals surface area contributed by atoms with Crippen molar-refractivity contribution in [1.82, 2.24) is 0 Å². The predicted molar refractivity (Wildman–Crippen MR) is 124 cm³/mol. The molecule has 31 heavy (non-hydrogen) atoms. The van der Waals surface area contributed by atoms with E-state index in [1.54, 1.807) is 25.1 Å². The van der Waals surface area contributed by atoms with Gasteiger partial charge < -0.3 is 19.9 Å². The molecular formula is C25H26ClNO4. The third-order valence-corrected chi connectivity index (χ3v) is 5.27. The number of carbonyl (C=O) groups is 1. The van der Waals surface area contributed by atoms with Gasteiger partial charge in [-0.15, -0.1) is 0 Å². The first-order chi connectivity index (χ1) is 14.9.